The molecule has 2 aromatic heterocycles. The van der Waals surface area contributed by atoms with Crippen LogP contribution in [-0.2, 0) is 24.9 Å². The van der Waals surface area contributed by atoms with Crippen LogP contribution in [0.1, 0.15) is 27.7 Å². The van der Waals surface area contributed by atoms with Crippen LogP contribution in [-0.4, -0.2) is 39.9 Å². The predicted molar refractivity (Wildman–Crippen MR) is 78.8 cm³/mol. The molecule has 0 N–H and O–H groups in total. The first-order valence-electron chi connectivity index (χ1n) is 6.80. The third kappa shape index (κ3) is 2.51. The lowest BCUT2D eigenvalue weighted by Crippen LogP contribution is -2.35. The van der Waals surface area contributed by atoms with E-state index in [2.05, 4.69) is 21.9 Å². The van der Waals surface area contributed by atoms with Crippen molar-refractivity contribution in [1.82, 2.24) is 19.7 Å². The van der Waals surface area contributed by atoms with Crippen LogP contribution in [0.4, 0.5) is 0 Å². The number of thiazole rings is 1. The van der Waals surface area contributed by atoms with Crippen LogP contribution in [0.25, 0.3) is 0 Å². The van der Waals surface area contributed by atoms with E-state index < -0.39 is 0 Å². The molecule has 0 bridgehead atoms. The van der Waals surface area contributed by atoms with Gasteiger partial charge < -0.3 is 4.74 Å². The highest BCUT2D eigenvalue weighted by atomic mass is 32.1. The predicted octanol–water partition coefficient (Wildman–Crippen LogP) is 1.93. The molecule has 0 radical (unpaired) electrons. The second kappa shape index (κ2) is 5.63. The maximum atomic E-state index is 5.38. The molecule has 3 rings (SSSR count). The molecule has 1 aliphatic rings. The molecule has 0 aliphatic carbocycles. The van der Waals surface area contributed by atoms with Crippen molar-refractivity contribution in [3.63, 3.8) is 0 Å². The topological polar surface area (TPSA) is 43.2 Å². The van der Waals surface area contributed by atoms with E-state index in [4.69, 9.17) is 4.74 Å². The van der Waals surface area contributed by atoms with E-state index in [1.54, 1.807) is 18.4 Å². The molecule has 1 aliphatic heterocycles. The third-order valence-electron chi connectivity index (χ3n) is 3.97. The van der Waals surface area contributed by atoms with E-state index in [9.17, 15) is 0 Å². The molecule has 0 fully saturated rings. The summed E-state index contributed by atoms with van der Waals surface area (Å²) in [6, 6.07) is 0. The molecule has 0 saturated carbocycles. The Hall–Kier alpha value is -1.24. The minimum atomic E-state index is 0.408. The van der Waals surface area contributed by atoms with Crippen molar-refractivity contribution in [1.29, 1.82) is 0 Å². The summed E-state index contributed by atoms with van der Waals surface area (Å²) >= 11 is 1.74. The average molecular weight is 292 g/mol. The molecule has 20 heavy (non-hydrogen) atoms. The number of hydrogen-bond acceptors (Lipinski definition) is 5. The number of ether oxygens (including phenoxy) is 1. The van der Waals surface area contributed by atoms with Crippen molar-refractivity contribution in [3.05, 3.63) is 33.5 Å². The first-order chi connectivity index (χ1) is 9.69. The average Bonchev–Trinajstić information content (AvgIpc) is 2.99. The largest absolute Gasteiger partial charge is 0.384 e. The van der Waals surface area contributed by atoms with E-state index in [0.717, 1.165) is 31.9 Å². The summed E-state index contributed by atoms with van der Waals surface area (Å²) in [5.41, 5.74) is 5.72. The molecular weight excluding hydrogens is 272 g/mol. The highest BCUT2D eigenvalue weighted by Gasteiger charge is 2.28. The Labute approximate surface area is 123 Å². The van der Waals surface area contributed by atoms with Crippen LogP contribution < -0.4 is 0 Å². The van der Waals surface area contributed by atoms with Crippen LogP contribution in [0.15, 0.2) is 11.7 Å². The van der Waals surface area contributed by atoms with E-state index in [-0.39, 0.29) is 0 Å². The van der Waals surface area contributed by atoms with Gasteiger partial charge in [-0.3, -0.25) is 9.58 Å². The summed E-state index contributed by atoms with van der Waals surface area (Å²) in [5.74, 6) is 0.408. The Bertz CT molecular complexity index is 592. The molecule has 0 unspecified atom stereocenters. The number of rotatable bonds is 4. The van der Waals surface area contributed by atoms with Gasteiger partial charge in [-0.2, -0.15) is 5.10 Å². The molecule has 3 heterocycles. The van der Waals surface area contributed by atoms with Gasteiger partial charge in [0.15, 0.2) is 0 Å². The Morgan fingerprint density at radius 2 is 2.35 bits per heavy atom. The minimum Gasteiger partial charge on any atom is -0.384 e. The maximum Gasteiger partial charge on any atom is 0.0798 e. The van der Waals surface area contributed by atoms with Crippen molar-refractivity contribution in [2.45, 2.75) is 25.9 Å². The van der Waals surface area contributed by atoms with Gasteiger partial charge in [0.25, 0.3) is 0 Å². The second-order valence-electron chi connectivity index (χ2n) is 5.35. The number of aromatic nitrogens is 3. The van der Waals surface area contributed by atoms with Gasteiger partial charge in [-0.15, -0.1) is 11.3 Å². The summed E-state index contributed by atoms with van der Waals surface area (Å²) in [4.78, 5) is 8.16. The van der Waals surface area contributed by atoms with Crippen molar-refractivity contribution in [2.75, 3.05) is 20.3 Å². The minimum absolute atomic E-state index is 0.408. The number of nitrogens with zero attached hydrogens (tertiary/aromatic N) is 4. The van der Waals surface area contributed by atoms with Crippen LogP contribution in [0.3, 0.4) is 0 Å². The SMILES string of the molecule is COC[C@@H]1CN(Cc2scnc2C)Cc2c1cnn2C. The lowest BCUT2D eigenvalue weighted by atomic mass is 9.95. The zero-order valence-electron chi connectivity index (χ0n) is 12.2. The first-order valence-corrected chi connectivity index (χ1v) is 7.68. The lowest BCUT2D eigenvalue weighted by Gasteiger charge is -2.32. The number of hydrogen-bond donors (Lipinski definition) is 0. The monoisotopic (exact) mass is 292 g/mol. The van der Waals surface area contributed by atoms with E-state index in [0.29, 0.717) is 5.92 Å². The van der Waals surface area contributed by atoms with Gasteiger partial charge in [-0.25, -0.2) is 4.98 Å². The van der Waals surface area contributed by atoms with Gasteiger partial charge >= 0.3 is 0 Å². The van der Waals surface area contributed by atoms with Gasteiger partial charge in [0.2, 0.25) is 0 Å². The van der Waals surface area contributed by atoms with Crippen LogP contribution >= 0.6 is 11.3 Å². The summed E-state index contributed by atoms with van der Waals surface area (Å²) < 4.78 is 7.37. The smallest absolute Gasteiger partial charge is 0.0798 e. The molecule has 2 aromatic rings. The Morgan fingerprint density at radius 1 is 1.50 bits per heavy atom. The van der Waals surface area contributed by atoms with Crippen molar-refractivity contribution < 1.29 is 4.74 Å². The highest BCUT2D eigenvalue weighted by molar-refractivity contribution is 7.09. The van der Waals surface area contributed by atoms with Crippen molar-refractivity contribution in [3.8, 4) is 0 Å². The quantitative estimate of drug-likeness (QED) is 0.863. The van der Waals surface area contributed by atoms with Gasteiger partial charge in [-0.1, -0.05) is 0 Å². The van der Waals surface area contributed by atoms with Crippen molar-refractivity contribution in [2.24, 2.45) is 7.05 Å². The fourth-order valence-electron chi connectivity index (χ4n) is 2.85. The molecule has 0 saturated heterocycles. The molecule has 0 aromatic carbocycles. The molecule has 0 spiro atoms. The Kier molecular flexibility index (Phi) is 3.87. The first kappa shape index (κ1) is 13.7. The molecular formula is C14H20N4OS. The van der Waals surface area contributed by atoms with E-state index >= 15 is 0 Å². The van der Waals surface area contributed by atoms with E-state index in [1.165, 1.54) is 16.1 Å². The van der Waals surface area contributed by atoms with Crippen LogP contribution in [0.2, 0.25) is 0 Å². The fourth-order valence-corrected chi connectivity index (χ4v) is 3.66. The normalized spacial score (nSPS) is 19.2. The zero-order chi connectivity index (χ0) is 14.1. The number of aryl methyl sites for hydroxylation is 2. The molecule has 0 amide bonds. The van der Waals surface area contributed by atoms with Gasteiger partial charge in [0, 0.05) is 50.2 Å². The fraction of sp³-hybridized carbons (Fsp3) is 0.571. The molecule has 5 nitrogen and oxygen atoms in total. The molecule has 6 heteroatoms. The lowest BCUT2D eigenvalue weighted by molar-refractivity contribution is 0.135. The second-order valence-corrected chi connectivity index (χ2v) is 6.29. The summed E-state index contributed by atoms with van der Waals surface area (Å²) in [7, 11) is 3.78. The molecule has 1 atom stereocenters. The zero-order valence-corrected chi connectivity index (χ0v) is 13.0. The highest BCUT2D eigenvalue weighted by Crippen LogP contribution is 2.29. The third-order valence-corrected chi connectivity index (χ3v) is 4.89. The van der Waals surface area contributed by atoms with Crippen LogP contribution in [0.5, 0.6) is 0 Å². The van der Waals surface area contributed by atoms with Gasteiger partial charge in [0.1, 0.15) is 0 Å². The Balaban J connectivity index is 1.82. The number of methoxy groups -OCH3 is 1. The number of fused-ring (bicyclic) bond motifs is 1. The summed E-state index contributed by atoms with van der Waals surface area (Å²) in [5, 5.41) is 4.40. The van der Waals surface area contributed by atoms with Gasteiger partial charge in [-0.05, 0) is 6.92 Å². The maximum absolute atomic E-state index is 5.38. The molecule has 108 valence electrons. The summed E-state index contributed by atoms with van der Waals surface area (Å²) in [6.07, 6.45) is 1.99. The summed E-state index contributed by atoms with van der Waals surface area (Å²) in [6.45, 7) is 5.75. The Morgan fingerprint density at radius 3 is 3.05 bits per heavy atom. The van der Waals surface area contributed by atoms with Crippen molar-refractivity contribution >= 4 is 11.3 Å². The van der Waals surface area contributed by atoms with E-state index in [1.807, 2.05) is 23.4 Å². The van der Waals surface area contributed by atoms with Crippen LogP contribution in [0, 0.1) is 6.92 Å². The standard InChI is InChI=1S/C14H20N4OS/c1-10-14(20-9-15-10)7-18-5-11(8-19-3)12-4-16-17(2)13(12)6-18/h4,9,11H,5-8H2,1-3H3/t11-/m0/s1. The van der Waals surface area contributed by atoms with Gasteiger partial charge in [0.05, 0.1) is 29.7 Å².